The number of carbonyl (C=O) groups excluding carboxylic acids is 1. The highest BCUT2D eigenvalue weighted by Crippen LogP contribution is 2.15. The van der Waals surface area contributed by atoms with Gasteiger partial charge in [0.15, 0.2) is 5.82 Å². The zero-order valence-corrected chi connectivity index (χ0v) is 10.9. The standard InChI is InChI=1S/C15H11F2N3O/c16-13-8-11(4-3-10(13)2-1-6-18)20-15(21)12-5-7-19-9-14(12)17/h3-5,7-9H,6,18H2,(H,20,21). The van der Waals surface area contributed by atoms with E-state index in [0.29, 0.717) is 0 Å². The average Bonchev–Trinajstić information content (AvgIpc) is 2.47. The van der Waals surface area contributed by atoms with Crippen molar-refractivity contribution in [2.24, 2.45) is 5.73 Å². The molecule has 6 heteroatoms. The third-order valence-electron chi connectivity index (χ3n) is 2.57. The summed E-state index contributed by atoms with van der Waals surface area (Å²) in [6.07, 6.45) is 2.23. The summed E-state index contributed by atoms with van der Waals surface area (Å²) in [4.78, 5) is 15.4. The molecule has 0 fully saturated rings. The molecule has 1 aromatic carbocycles. The van der Waals surface area contributed by atoms with Crippen molar-refractivity contribution in [2.75, 3.05) is 11.9 Å². The van der Waals surface area contributed by atoms with Crippen LogP contribution in [0.1, 0.15) is 15.9 Å². The molecule has 0 unspecified atom stereocenters. The quantitative estimate of drug-likeness (QED) is 0.829. The Kier molecular flexibility index (Phi) is 4.59. The smallest absolute Gasteiger partial charge is 0.258 e. The number of aromatic nitrogens is 1. The highest BCUT2D eigenvalue weighted by atomic mass is 19.1. The molecule has 3 N–H and O–H groups in total. The third kappa shape index (κ3) is 3.61. The van der Waals surface area contributed by atoms with E-state index >= 15 is 0 Å². The fourth-order valence-corrected chi connectivity index (χ4v) is 1.60. The van der Waals surface area contributed by atoms with E-state index in [9.17, 15) is 13.6 Å². The number of pyridine rings is 1. The van der Waals surface area contributed by atoms with Gasteiger partial charge in [-0.3, -0.25) is 9.78 Å². The van der Waals surface area contributed by atoms with Crippen LogP contribution in [0.5, 0.6) is 0 Å². The Morgan fingerprint density at radius 3 is 2.76 bits per heavy atom. The maximum Gasteiger partial charge on any atom is 0.258 e. The predicted octanol–water partition coefficient (Wildman–Crippen LogP) is 1.92. The first-order valence-corrected chi connectivity index (χ1v) is 6.01. The number of hydrogen-bond acceptors (Lipinski definition) is 3. The lowest BCUT2D eigenvalue weighted by Gasteiger charge is -2.06. The predicted molar refractivity (Wildman–Crippen MR) is 74.5 cm³/mol. The number of amides is 1. The number of nitrogens with two attached hydrogens (primary N) is 1. The van der Waals surface area contributed by atoms with Crippen LogP contribution in [0.2, 0.25) is 0 Å². The maximum absolute atomic E-state index is 13.7. The van der Waals surface area contributed by atoms with Gasteiger partial charge in [-0.25, -0.2) is 8.78 Å². The van der Waals surface area contributed by atoms with Gasteiger partial charge in [-0.05, 0) is 24.3 Å². The summed E-state index contributed by atoms with van der Waals surface area (Å²) in [5.74, 6) is 3.07. The molecule has 2 rings (SSSR count). The zero-order valence-electron chi connectivity index (χ0n) is 10.9. The summed E-state index contributed by atoms with van der Waals surface area (Å²) < 4.78 is 27.1. The lowest BCUT2D eigenvalue weighted by atomic mass is 10.2. The summed E-state index contributed by atoms with van der Waals surface area (Å²) in [5, 5.41) is 2.40. The number of carbonyl (C=O) groups is 1. The second kappa shape index (κ2) is 6.59. The molecule has 0 aliphatic rings. The molecule has 1 amide bonds. The number of halogens is 2. The topological polar surface area (TPSA) is 68.0 Å². The fourth-order valence-electron chi connectivity index (χ4n) is 1.60. The van der Waals surface area contributed by atoms with Gasteiger partial charge in [0.1, 0.15) is 5.82 Å². The van der Waals surface area contributed by atoms with Gasteiger partial charge < -0.3 is 11.1 Å². The average molecular weight is 287 g/mol. The first kappa shape index (κ1) is 14.6. The molecule has 0 spiro atoms. The molecule has 21 heavy (non-hydrogen) atoms. The van der Waals surface area contributed by atoms with Crippen molar-refractivity contribution >= 4 is 11.6 Å². The second-order valence-corrected chi connectivity index (χ2v) is 4.01. The summed E-state index contributed by atoms with van der Waals surface area (Å²) in [7, 11) is 0. The minimum absolute atomic E-state index is 0.124. The van der Waals surface area contributed by atoms with E-state index in [-0.39, 0.29) is 23.4 Å². The van der Waals surface area contributed by atoms with Crippen molar-refractivity contribution in [1.29, 1.82) is 0 Å². The monoisotopic (exact) mass is 287 g/mol. The van der Waals surface area contributed by atoms with E-state index in [4.69, 9.17) is 5.73 Å². The Hall–Kier alpha value is -2.78. The van der Waals surface area contributed by atoms with Crippen LogP contribution in [0.15, 0.2) is 36.7 Å². The van der Waals surface area contributed by atoms with Crippen molar-refractivity contribution in [2.45, 2.75) is 0 Å². The molecular formula is C15H11F2N3O. The van der Waals surface area contributed by atoms with Crippen molar-refractivity contribution in [3.8, 4) is 11.8 Å². The summed E-state index contributed by atoms with van der Waals surface area (Å²) in [6.45, 7) is 0.124. The number of nitrogens with zero attached hydrogens (tertiary/aromatic N) is 1. The van der Waals surface area contributed by atoms with E-state index in [1.165, 1.54) is 24.4 Å². The molecule has 0 radical (unpaired) electrons. The van der Waals surface area contributed by atoms with E-state index < -0.39 is 17.5 Å². The SMILES string of the molecule is NCC#Cc1ccc(NC(=O)c2ccncc2F)cc1F. The lowest BCUT2D eigenvalue weighted by Crippen LogP contribution is -2.14. The summed E-state index contributed by atoms with van der Waals surface area (Å²) >= 11 is 0. The van der Waals surface area contributed by atoms with Crippen molar-refractivity contribution < 1.29 is 13.6 Å². The lowest BCUT2D eigenvalue weighted by molar-refractivity contribution is 0.102. The van der Waals surface area contributed by atoms with Gasteiger partial charge in [0.05, 0.1) is 23.9 Å². The highest BCUT2D eigenvalue weighted by molar-refractivity contribution is 6.04. The van der Waals surface area contributed by atoms with Crippen molar-refractivity contribution in [3.05, 3.63) is 59.4 Å². The Balaban J connectivity index is 2.19. The number of nitrogens with one attached hydrogen (secondary N) is 1. The molecule has 2 aromatic rings. The minimum Gasteiger partial charge on any atom is -0.322 e. The van der Waals surface area contributed by atoms with Gasteiger partial charge in [0.25, 0.3) is 5.91 Å². The van der Waals surface area contributed by atoms with Gasteiger partial charge in [-0.15, -0.1) is 0 Å². The Bertz CT molecular complexity index is 735. The van der Waals surface area contributed by atoms with Crippen LogP contribution in [0.25, 0.3) is 0 Å². The van der Waals surface area contributed by atoms with Crippen LogP contribution in [0.4, 0.5) is 14.5 Å². The molecule has 4 nitrogen and oxygen atoms in total. The Labute approximate surface area is 120 Å². The Morgan fingerprint density at radius 2 is 2.10 bits per heavy atom. The van der Waals surface area contributed by atoms with Gasteiger partial charge in [-0.1, -0.05) is 11.8 Å². The van der Waals surface area contributed by atoms with Crippen LogP contribution in [-0.4, -0.2) is 17.4 Å². The van der Waals surface area contributed by atoms with E-state index in [2.05, 4.69) is 22.1 Å². The van der Waals surface area contributed by atoms with Gasteiger partial charge in [-0.2, -0.15) is 0 Å². The Morgan fingerprint density at radius 1 is 1.29 bits per heavy atom. The maximum atomic E-state index is 13.7. The van der Waals surface area contributed by atoms with E-state index in [0.717, 1.165) is 12.3 Å². The van der Waals surface area contributed by atoms with Crippen LogP contribution in [0.3, 0.4) is 0 Å². The molecule has 0 saturated carbocycles. The van der Waals surface area contributed by atoms with Crippen LogP contribution < -0.4 is 11.1 Å². The zero-order chi connectivity index (χ0) is 15.2. The third-order valence-corrected chi connectivity index (χ3v) is 2.57. The molecule has 106 valence electrons. The first-order valence-electron chi connectivity index (χ1n) is 6.01. The number of benzene rings is 1. The molecule has 0 bridgehead atoms. The normalized spacial score (nSPS) is 9.67. The van der Waals surface area contributed by atoms with Crippen LogP contribution in [-0.2, 0) is 0 Å². The fraction of sp³-hybridized carbons (Fsp3) is 0.0667. The van der Waals surface area contributed by atoms with E-state index in [1.54, 1.807) is 0 Å². The van der Waals surface area contributed by atoms with Crippen molar-refractivity contribution in [1.82, 2.24) is 4.98 Å². The molecule has 1 aromatic heterocycles. The molecule has 0 aliphatic carbocycles. The number of hydrogen-bond donors (Lipinski definition) is 2. The molecular weight excluding hydrogens is 276 g/mol. The largest absolute Gasteiger partial charge is 0.322 e. The summed E-state index contributed by atoms with van der Waals surface area (Å²) in [6, 6.07) is 5.23. The van der Waals surface area contributed by atoms with Crippen LogP contribution >= 0.6 is 0 Å². The van der Waals surface area contributed by atoms with E-state index in [1.807, 2.05) is 0 Å². The van der Waals surface area contributed by atoms with Gasteiger partial charge >= 0.3 is 0 Å². The number of anilines is 1. The highest BCUT2D eigenvalue weighted by Gasteiger charge is 2.12. The first-order chi connectivity index (χ1) is 10.1. The van der Waals surface area contributed by atoms with Gasteiger partial charge in [0, 0.05) is 11.9 Å². The van der Waals surface area contributed by atoms with Crippen LogP contribution in [0, 0.1) is 23.5 Å². The molecule has 1 heterocycles. The molecule has 0 saturated heterocycles. The molecule has 0 atom stereocenters. The van der Waals surface area contributed by atoms with Gasteiger partial charge in [0.2, 0.25) is 0 Å². The summed E-state index contributed by atoms with van der Waals surface area (Å²) in [5.41, 5.74) is 5.41. The molecule has 0 aliphatic heterocycles. The number of rotatable bonds is 2. The van der Waals surface area contributed by atoms with Crippen molar-refractivity contribution in [3.63, 3.8) is 0 Å². The second-order valence-electron chi connectivity index (χ2n) is 4.01. The minimum atomic E-state index is -0.749.